The molecule has 9 nitrogen and oxygen atoms in total. The zero-order valence-electron chi connectivity index (χ0n) is 19.4. The van der Waals surface area contributed by atoms with Crippen molar-refractivity contribution >= 4 is 10.9 Å². The van der Waals surface area contributed by atoms with Gasteiger partial charge in [-0.15, -0.1) is 5.10 Å². The maximum atomic E-state index is 12.9. The molecule has 0 aliphatic rings. The van der Waals surface area contributed by atoms with E-state index in [4.69, 9.17) is 4.74 Å². The number of tetrazole rings is 1. The van der Waals surface area contributed by atoms with E-state index in [1.807, 2.05) is 54.2 Å². The number of fused-ring (bicyclic) bond motifs is 1. The molecule has 0 saturated carbocycles. The van der Waals surface area contributed by atoms with Crippen molar-refractivity contribution in [2.24, 2.45) is 0 Å². The summed E-state index contributed by atoms with van der Waals surface area (Å²) in [5, 5.41) is 13.2. The minimum absolute atomic E-state index is 0.113. The maximum absolute atomic E-state index is 12.9. The van der Waals surface area contributed by atoms with Gasteiger partial charge in [-0.1, -0.05) is 6.07 Å². The SMILES string of the molecule is CCOc1ccc2[nH]c(=O)c(CN(Cc3cccnc3)Cc3nnnn3C(C)(C)C)cc2c1. The minimum atomic E-state index is -0.255. The first-order chi connectivity index (χ1) is 15.8. The Labute approximate surface area is 192 Å². The molecule has 172 valence electrons. The van der Waals surface area contributed by atoms with Crippen molar-refractivity contribution in [3.8, 4) is 5.75 Å². The molecular weight excluding hydrogens is 418 g/mol. The Morgan fingerprint density at radius 3 is 2.70 bits per heavy atom. The molecule has 4 aromatic rings. The second-order valence-corrected chi connectivity index (χ2v) is 8.99. The summed E-state index contributed by atoms with van der Waals surface area (Å²) in [5.74, 6) is 1.52. The highest BCUT2D eigenvalue weighted by molar-refractivity contribution is 5.80. The summed E-state index contributed by atoms with van der Waals surface area (Å²) in [7, 11) is 0. The van der Waals surface area contributed by atoms with E-state index in [0.29, 0.717) is 31.8 Å². The lowest BCUT2D eigenvalue weighted by molar-refractivity contribution is 0.223. The number of aromatic amines is 1. The van der Waals surface area contributed by atoms with Gasteiger partial charge in [-0.05, 0) is 74.0 Å². The van der Waals surface area contributed by atoms with E-state index < -0.39 is 0 Å². The van der Waals surface area contributed by atoms with Gasteiger partial charge in [-0.3, -0.25) is 14.7 Å². The van der Waals surface area contributed by atoms with Crippen LogP contribution in [0.4, 0.5) is 0 Å². The van der Waals surface area contributed by atoms with Crippen LogP contribution in [0.1, 0.15) is 44.6 Å². The molecule has 9 heteroatoms. The number of hydrogen-bond donors (Lipinski definition) is 1. The molecule has 1 aromatic carbocycles. The number of hydrogen-bond acceptors (Lipinski definition) is 7. The molecule has 4 rings (SSSR count). The molecule has 0 atom stereocenters. The van der Waals surface area contributed by atoms with E-state index in [0.717, 1.165) is 28.0 Å². The molecule has 0 unspecified atom stereocenters. The summed E-state index contributed by atoms with van der Waals surface area (Å²) in [6.45, 7) is 10.2. The van der Waals surface area contributed by atoms with Gasteiger partial charge in [0.1, 0.15) is 5.75 Å². The van der Waals surface area contributed by atoms with Gasteiger partial charge in [0.2, 0.25) is 0 Å². The lowest BCUT2D eigenvalue weighted by Gasteiger charge is -2.25. The van der Waals surface area contributed by atoms with Gasteiger partial charge in [0, 0.05) is 41.9 Å². The molecule has 0 aliphatic carbocycles. The summed E-state index contributed by atoms with van der Waals surface area (Å²) in [6.07, 6.45) is 3.58. The number of aromatic nitrogens is 6. The second kappa shape index (κ2) is 9.50. The van der Waals surface area contributed by atoms with Crippen molar-refractivity contribution in [1.82, 2.24) is 35.1 Å². The van der Waals surface area contributed by atoms with Gasteiger partial charge in [0.05, 0.1) is 18.7 Å². The number of benzene rings is 1. The third kappa shape index (κ3) is 5.43. The molecule has 0 aliphatic heterocycles. The van der Waals surface area contributed by atoms with Crippen molar-refractivity contribution in [2.75, 3.05) is 6.61 Å². The Bertz CT molecular complexity index is 1280. The van der Waals surface area contributed by atoms with Crippen LogP contribution < -0.4 is 10.3 Å². The van der Waals surface area contributed by atoms with Crippen LogP contribution in [0.25, 0.3) is 10.9 Å². The van der Waals surface area contributed by atoms with Crippen molar-refractivity contribution in [2.45, 2.75) is 52.9 Å². The second-order valence-electron chi connectivity index (χ2n) is 8.99. The van der Waals surface area contributed by atoms with Gasteiger partial charge in [0.15, 0.2) is 5.82 Å². The van der Waals surface area contributed by atoms with E-state index in [2.05, 4.69) is 51.2 Å². The average molecular weight is 448 g/mol. The van der Waals surface area contributed by atoms with Gasteiger partial charge in [-0.2, -0.15) is 0 Å². The molecule has 1 N–H and O–H groups in total. The minimum Gasteiger partial charge on any atom is -0.494 e. The number of ether oxygens (including phenoxy) is 1. The highest BCUT2D eigenvalue weighted by Crippen LogP contribution is 2.21. The van der Waals surface area contributed by atoms with E-state index in [1.165, 1.54) is 0 Å². The molecule has 0 spiro atoms. The van der Waals surface area contributed by atoms with Crippen LogP contribution in [0.2, 0.25) is 0 Å². The van der Waals surface area contributed by atoms with Crippen molar-refractivity contribution < 1.29 is 4.74 Å². The molecule has 0 amide bonds. The zero-order chi connectivity index (χ0) is 23.4. The molecule has 0 fully saturated rings. The van der Waals surface area contributed by atoms with Crippen LogP contribution in [0.15, 0.2) is 53.6 Å². The third-order valence-electron chi connectivity index (χ3n) is 5.26. The fraction of sp³-hybridized carbons (Fsp3) is 0.375. The highest BCUT2D eigenvalue weighted by Gasteiger charge is 2.22. The molecule has 0 bridgehead atoms. The lowest BCUT2D eigenvalue weighted by atomic mass is 10.1. The molecule has 3 heterocycles. The topological polar surface area (TPSA) is 102 Å². The lowest BCUT2D eigenvalue weighted by Crippen LogP contribution is -2.31. The highest BCUT2D eigenvalue weighted by atomic mass is 16.5. The normalized spacial score (nSPS) is 11.9. The Hall–Kier alpha value is -3.59. The largest absolute Gasteiger partial charge is 0.494 e. The Balaban J connectivity index is 1.67. The quantitative estimate of drug-likeness (QED) is 0.442. The molecular formula is C24H29N7O2. The van der Waals surface area contributed by atoms with E-state index in [9.17, 15) is 4.79 Å². The number of nitrogens with one attached hydrogen (secondary N) is 1. The van der Waals surface area contributed by atoms with Crippen molar-refractivity contribution in [1.29, 1.82) is 0 Å². The smallest absolute Gasteiger partial charge is 0.252 e. The first kappa shape index (κ1) is 22.6. The number of H-pyrrole nitrogens is 1. The first-order valence-corrected chi connectivity index (χ1v) is 11.0. The molecule has 0 saturated heterocycles. The van der Waals surface area contributed by atoms with Crippen LogP contribution in [0, 0.1) is 0 Å². The van der Waals surface area contributed by atoms with Gasteiger partial charge in [0.25, 0.3) is 5.56 Å². The van der Waals surface area contributed by atoms with Crippen LogP contribution in [0.5, 0.6) is 5.75 Å². The van der Waals surface area contributed by atoms with E-state index >= 15 is 0 Å². The average Bonchev–Trinajstić information content (AvgIpc) is 3.24. The summed E-state index contributed by atoms with van der Waals surface area (Å²) < 4.78 is 7.45. The van der Waals surface area contributed by atoms with Crippen LogP contribution in [0.3, 0.4) is 0 Å². The van der Waals surface area contributed by atoms with E-state index in [-0.39, 0.29) is 11.1 Å². The van der Waals surface area contributed by atoms with Crippen LogP contribution in [-0.2, 0) is 25.2 Å². The number of pyridine rings is 2. The zero-order valence-corrected chi connectivity index (χ0v) is 19.4. The monoisotopic (exact) mass is 447 g/mol. The first-order valence-electron chi connectivity index (χ1n) is 11.0. The maximum Gasteiger partial charge on any atom is 0.252 e. The molecule has 0 radical (unpaired) electrons. The standard InChI is InChI=1S/C24H29N7O2/c1-5-33-20-8-9-21-18(12-20)11-19(23(32)26-21)15-30(14-17-7-6-10-25-13-17)16-22-27-28-29-31(22)24(2,3)4/h6-13H,5,14-16H2,1-4H3,(H,26,32). The molecule has 33 heavy (non-hydrogen) atoms. The third-order valence-corrected chi connectivity index (χ3v) is 5.26. The Morgan fingerprint density at radius 2 is 1.97 bits per heavy atom. The van der Waals surface area contributed by atoms with Crippen molar-refractivity contribution in [3.63, 3.8) is 0 Å². The number of nitrogens with zero attached hydrogens (tertiary/aromatic N) is 6. The summed E-state index contributed by atoms with van der Waals surface area (Å²) in [4.78, 5) is 22.3. The van der Waals surface area contributed by atoms with Gasteiger partial charge in [-0.25, -0.2) is 4.68 Å². The van der Waals surface area contributed by atoms with Gasteiger partial charge < -0.3 is 9.72 Å². The Kier molecular flexibility index (Phi) is 6.50. The van der Waals surface area contributed by atoms with Gasteiger partial charge >= 0.3 is 0 Å². The van der Waals surface area contributed by atoms with E-state index in [1.54, 1.807) is 6.20 Å². The predicted molar refractivity (Wildman–Crippen MR) is 126 cm³/mol. The van der Waals surface area contributed by atoms with Crippen molar-refractivity contribution in [3.05, 3.63) is 76.1 Å². The molecule has 3 aromatic heterocycles. The fourth-order valence-electron chi connectivity index (χ4n) is 3.79. The predicted octanol–water partition coefficient (Wildman–Crippen LogP) is 3.27. The summed E-state index contributed by atoms with van der Waals surface area (Å²) in [6, 6.07) is 11.5. The Morgan fingerprint density at radius 1 is 1.12 bits per heavy atom. The summed E-state index contributed by atoms with van der Waals surface area (Å²) in [5.41, 5.74) is 2.12. The van der Waals surface area contributed by atoms with Crippen LogP contribution in [-0.4, -0.2) is 41.7 Å². The fourth-order valence-corrected chi connectivity index (χ4v) is 3.79. The van der Waals surface area contributed by atoms with Crippen LogP contribution >= 0.6 is 0 Å². The number of rotatable bonds is 8. The summed E-state index contributed by atoms with van der Waals surface area (Å²) >= 11 is 0.